The Morgan fingerprint density at radius 1 is 1.10 bits per heavy atom. The Hall–Kier alpha value is -3.71. The minimum absolute atomic E-state index is 0.0529. The number of fused-ring (bicyclic) bond motifs is 2. The number of aromatic amines is 1. The van der Waals surface area contributed by atoms with Crippen LogP contribution in [0.15, 0.2) is 65.7 Å². The number of aromatic nitrogens is 5. The van der Waals surface area contributed by atoms with Crippen molar-refractivity contribution in [1.82, 2.24) is 24.5 Å². The largest absolute Gasteiger partial charge is 0.360 e. The number of halogens is 1. The van der Waals surface area contributed by atoms with E-state index in [1.54, 1.807) is 4.57 Å². The fourth-order valence-corrected chi connectivity index (χ4v) is 4.08. The second kappa shape index (κ2) is 7.52. The lowest BCUT2D eigenvalue weighted by Crippen LogP contribution is -2.26. The Morgan fingerprint density at radius 2 is 1.90 bits per heavy atom. The highest BCUT2D eigenvalue weighted by molar-refractivity contribution is 6.29. The number of benzene rings is 2. The molecule has 0 radical (unpaired) electrons. The average molecular weight is 431 g/mol. The number of aryl methyl sites for hydroxylation is 1. The number of anilines is 1. The number of rotatable bonds is 4. The molecule has 0 aliphatic heterocycles. The van der Waals surface area contributed by atoms with Gasteiger partial charge < -0.3 is 10.3 Å². The van der Waals surface area contributed by atoms with Gasteiger partial charge in [-0.1, -0.05) is 36.4 Å². The molecule has 5 aromatic rings. The van der Waals surface area contributed by atoms with Gasteiger partial charge in [0.2, 0.25) is 5.28 Å². The maximum absolute atomic E-state index is 13.6. The Bertz CT molecular complexity index is 1470. The highest BCUT2D eigenvalue weighted by atomic mass is 35.5. The van der Waals surface area contributed by atoms with Crippen molar-refractivity contribution in [3.05, 3.63) is 87.8 Å². The molecule has 0 aliphatic carbocycles. The Kier molecular flexibility index (Phi) is 4.67. The Morgan fingerprint density at radius 3 is 2.71 bits per heavy atom. The number of pyridine rings is 1. The average Bonchev–Trinajstić information content (AvgIpc) is 3.15. The number of H-pyrrole nitrogens is 1. The monoisotopic (exact) mass is 430 g/mol. The van der Waals surface area contributed by atoms with Crippen LogP contribution >= 0.6 is 11.6 Å². The van der Waals surface area contributed by atoms with Gasteiger partial charge in [-0.15, -0.1) is 0 Å². The van der Waals surface area contributed by atoms with E-state index in [4.69, 9.17) is 11.6 Å². The molecule has 2 aromatic carbocycles. The highest BCUT2D eigenvalue weighted by Crippen LogP contribution is 2.27. The molecule has 0 bridgehead atoms. The first-order valence-electron chi connectivity index (χ1n) is 9.86. The zero-order chi connectivity index (χ0) is 21.5. The van der Waals surface area contributed by atoms with Gasteiger partial charge in [-0.2, -0.15) is 4.98 Å². The van der Waals surface area contributed by atoms with Gasteiger partial charge in [0.25, 0.3) is 5.56 Å². The molecule has 7 nitrogen and oxygen atoms in total. The van der Waals surface area contributed by atoms with Gasteiger partial charge in [-0.25, -0.2) is 9.97 Å². The lowest BCUT2D eigenvalue weighted by molar-refractivity contribution is 0.774. The first-order chi connectivity index (χ1) is 15.0. The molecule has 0 saturated heterocycles. The van der Waals surface area contributed by atoms with Gasteiger partial charge in [-0.3, -0.25) is 9.36 Å². The van der Waals surface area contributed by atoms with Gasteiger partial charge in [0, 0.05) is 11.4 Å². The number of hydrogen-bond acceptors (Lipinski definition) is 5. The summed E-state index contributed by atoms with van der Waals surface area (Å²) in [6, 6.07) is 17.3. The van der Waals surface area contributed by atoms with Crippen LogP contribution in [-0.2, 0) is 0 Å². The lowest BCUT2D eigenvalue weighted by Gasteiger charge is -2.21. The van der Waals surface area contributed by atoms with Gasteiger partial charge in [-0.05, 0) is 54.6 Å². The standard InChI is InChI=1S/C23H19ClN6O/c1-13-7-6-8-15-11-17(30(22(31)18(13)15)16-9-4-3-5-10-16)14(2)27-20-19-21(26-12-25-20)29-23(24)28-19/h3-12,14H,1-2H3,(H2,25,26,27,28,29). The maximum Gasteiger partial charge on any atom is 0.263 e. The van der Waals surface area contributed by atoms with E-state index in [1.807, 2.05) is 68.4 Å². The summed E-state index contributed by atoms with van der Waals surface area (Å²) >= 11 is 6.01. The first kappa shape index (κ1) is 19.3. The molecule has 1 atom stereocenters. The second-order valence-corrected chi connectivity index (χ2v) is 7.76. The van der Waals surface area contributed by atoms with Crippen LogP contribution in [0.4, 0.5) is 5.82 Å². The van der Waals surface area contributed by atoms with E-state index >= 15 is 0 Å². The van der Waals surface area contributed by atoms with Crippen molar-refractivity contribution in [1.29, 1.82) is 0 Å². The van der Waals surface area contributed by atoms with E-state index in [2.05, 4.69) is 25.3 Å². The number of imidazole rings is 1. The van der Waals surface area contributed by atoms with Crippen molar-refractivity contribution in [2.75, 3.05) is 5.32 Å². The van der Waals surface area contributed by atoms with Crippen molar-refractivity contribution in [2.24, 2.45) is 0 Å². The van der Waals surface area contributed by atoms with Crippen LogP contribution in [0, 0.1) is 6.92 Å². The molecule has 31 heavy (non-hydrogen) atoms. The first-order valence-corrected chi connectivity index (χ1v) is 10.2. The van der Waals surface area contributed by atoms with Gasteiger partial charge in [0.05, 0.1) is 11.4 Å². The summed E-state index contributed by atoms with van der Waals surface area (Å²) in [6.45, 7) is 3.95. The lowest BCUT2D eigenvalue weighted by atomic mass is 10.0. The molecule has 0 saturated carbocycles. The summed E-state index contributed by atoms with van der Waals surface area (Å²) in [7, 11) is 0. The van der Waals surface area contributed by atoms with Crippen LogP contribution in [-0.4, -0.2) is 24.5 Å². The summed E-state index contributed by atoms with van der Waals surface area (Å²) in [6.07, 6.45) is 1.43. The summed E-state index contributed by atoms with van der Waals surface area (Å²) in [5.74, 6) is 0.563. The maximum atomic E-state index is 13.6. The summed E-state index contributed by atoms with van der Waals surface area (Å²) in [4.78, 5) is 29.2. The SMILES string of the molecule is Cc1cccc2cc(C(C)Nc3ncnc4nc(Cl)[nH]c34)n(-c3ccccc3)c(=O)c12. The molecular formula is C23H19ClN6O. The highest BCUT2D eigenvalue weighted by Gasteiger charge is 2.19. The normalized spacial score (nSPS) is 12.4. The van der Waals surface area contributed by atoms with Gasteiger partial charge in [0.15, 0.2) is 11.5 Å². The zero-order valence-corrected chi connectivity index (χ0v) is 17.7. The van der Waals surface area contributed by atoms with E-state index in [0.29, 0.717) is 22.4 Å². The molecule has 3 aromatic heterocycles. The molecule has 0 spiro atoms. The third kappa shape index (κ3) is 3.33. The molecule has 154 valence electrons. The molecule has 2 N–H and O–H groups in total. The molecule has 0 aliphatic rings. The number of para-hydroxylation sites is 1. The quantitative estimate of drug-likeness (QED) is 0.400. The number of nitrogens with one attached hydrogen (secondary N) is 2. The third-order valence-corrected chi connectivity index (χ3v) is 5.53. The minimum Gasteiger partial charge on any atom is -0.360 e. The molecule has 1 unspecified atom stereocenters. The van der Waals surface area contributed by atoms with Crippen LogP contribution in [0.25, 0.3) is 27.6 Å². The molecule has 3 heterocycles. The van der Waals surface area contributed by atoms with Crippen LogP contribution in [0.5, 0.6) is 0 Å². The molecular weight excluding hydrogens is 412 g/mol. The smallest absolute Gasteiger partial charge is 0.263 e. The number of nitrogens with zero attached hydrogens (tertiary/aromatic N) is 4. The van der Waals surface area contributed by atoms with Crippen molar-refractivity contribution < 1.29 is 0 Å². The van der Waals surface area contributed by atoms with Crippen molar-refractivity contribution in [3.8, 4) is 5.69 Å². The van der Waals surface area contributed by atoms with Crippen LogP contribution in [0.3, 0.4) is 0 Å². The summed E-state index contributed by atoms with van der Waals surface area (Å²) < 4.78 is 1.76. The van der Waals surface area contributed by atoms with Gasteiger partial charge >= 0.3 is 0 Å². The molecule has 0 fully saturated rings. The molecule has 8 heteroatoms. The predicted octanol–water partition coefficient (Wildman–Crippen LogP) is 4.79. The van der Waals surface area contributed by atoms with E-state index < -0.39 is 0 Å². The molecule has 0 amide bonds. The topological polar surface area (TPSA) is 88.5 Å². The summed E-state index contributed by atoms with van der Waals surface area (Å²) in [5.41, 5.74) is 3.60. The van der Waals surface area contributed by atoms with Crippen molar-refractivity contribution >= 4 is 39.4 Å². The van der Waals surface area contributed by atoms with E-state index in [9.17, 15) is 4.79 Å². The Labute approximate surface area is 182 Å². The summed E-state index contributed by atoms with van der Waals surface area (Å²) in [5, 5.41) is 5.25. The van der Waals surface area contributed by atoms with Crippen LogP contribution in [0.1, 0.15) is 24.2 Å². The van der Waals surface area contributed by atoms with Crippen LogP contribution in [0.2, 0.25) is 5.28 Å². The van der Waals surface area contributed by atoms with Crippen LogP contribution < -0.4 is 10.9 Å². The predicted molar refractivity (Wildman–Crippen MR) is 123 cm³/mol. The fraction of sp³-hybridized carbons (Fsp3) is 0.130. The van der Waals surface area contributed by atoms with E-state index in [1.165, 1.54) is 6.33 Å². The van der Waals surface area contributed by atoms with Crippen molar-refractivity contribution in [2.45, 2.75) is 19.9 Å². The zero-order valence-electron chi connectivity index (χ0n) is 16.9. The van der Waals surface area contributed by atoms with Gasteiger partial charge in [0.1, 0.15) is 11.8 Å². The van der Waals surface area contributed by atoms with E-state index in [-0.39, 0.29) is 16.9 Å². The van der Waals surface area contributed by atoms with Crippen molar-refractivity contribution in [3.63, 3.8) is 0 Å². The molecule has 5 rings (SSSR count). The minimum atomic E-state index is -0.252. The third-order valence-electron chi connectivity index (χ3n) is 5.35. The van der Waals surface area contributed by atoms with E-state index in [0.717, 1.165) is 22.3 Å². The Balaban J connectivity index is 1.70. The fourth-order valence-electron chi connectivity index (χ4n) is 3.91. The number of hydrogen-bond donors (Lipinski definition) is 2. The second-order valence-electron chi connectivity index (χ2n) is 7.40.